The molecule has 1 aliphatic heterocycles. The second-order valence-corrected chi connectivity index (χ2v) is 7.83. The molecule has 1 saturated heterocycles. The molecule has 156 valence electrons. The van der Waals surface area contributed by atoms with Gasteiger partial charge >= 0.3 is 0 Å². The molecular formula is C24H26FN3O2. The van der Waals surface area contributed by atoms with Gasteiger partial charge in [0.05, 0.1) is 23.3 Å². The Kier molecular flexibility index (Phi) is 5.68. The van der Waals surface area contributed by atoms with Crippen LogP contribution in [0.2, 0.25) is 0 Å². The summed E-state index contributed by atoms with van der Waals surface area (Å²) in [5, 5.41) is 7.67. The molecule has 6 heteroatoms. The van der Waals surface area contributed by atoms with Gasteiger partial charge in [-0.3, -0.25) is 4.79 Å². The number of benzene rings is 2. The second kappa shape index (κ2) is 8.40. The second-order valence-electron chi connectivity index (χ2n) is 7.83. The Morgan fingerprint density at radius 1 is 1.13 bits per heavy atom. The Balaban J connectivity index is 1.58. The molecule has 1 atom stereocenters. The lowest BCUT2D eigenvalue weighted by atomic mass is 9.73. The van der Waals surface area contributed by atoms with E-state index in [1.807, 2.05) is 44.2 Å². The molecule has 0 aliphatic carbocycles. The molecule has 0 spiro atoms. The average molecular weight is 407 g/mol. The maximum atomic E-state index is 13.5. The number of hydrogen-bond donors (Lipinski definition) is 1. The number of carbonyl (C=O) groups excluding carboxylic acids is 1. The van der Waals surface area contributed by atoms with Crippen LogP contribution in [0.1, 0.15) is 42.6 Å². The number of ether oxygens (including phenoxy) is 1. The Labute approximate surface area is 175 Å². The number of halogens is 1. The van der Waals surface area contributed by atoms with E-state index in [0.717, 1.165) is 22.5 Å². The molecular weight excluding hydrogens is 381 g/mol. The molecule has 0 bridgehead atoms. The summed E-state index contributed by atoms with van der Waals surface area (Å²) in [5.41, 5.74) is 3.06. The smallest absolute Gasteiger partial charge is 0.231 e. The van der Waals surface area contributed by atoms with Gasteiger partial charge in [-0.05, 0) is 56.5 Å². The van der Waals surface area contributed by atoms with E-state index in [4.69, 9.17) is 4.74 Å². The zero-order valence-corrected chi connectivity index (χ0v) is 17.3. The van der Waals surface area contributed by atoms with Crippen molar-refractivity contribution in [2.75, 3.05) is 13.2 Å². The summed E-state index contributed by atoms with van der Waals surface area (Å²) in [4.78, 5) is 13.5. The minimum atomic E-state index is -0.589. The van der Waals surface area contributed by atoms with E-state index in [1.54, 1.807) is 23.0 Å². The van der Waals surface area contributed by atoms with Crippen LogP contribution in [0.25, 0.3) is 5.69 Å². The summed E-state index contributed by atoms with van der Waals surface area (Å²) in [6, 6.07) is 15.9. The van der Waals surface area contributed by atoms with Crippen LogP contribution in [0, 0.1) is 12.7 Å². The normalized spacial score (nSPS) is 16.8. The van der Waals surface area contributed by atoms with Crippen molar-refractivity contribution in [3.63, 3.8) is 0 Å². The molecule has 2 heterocycles. The number of rotatable bonds is 5. The lowest BCUT2D eigenvalue weighted by Crippen LogP contribution is -2.48. The standard InChI is InChI=1S/C24H26FN3O2/c1-17(22-16-26-28(18(22)2)21-10-8-20(25)9-11-21)27-23(29)24(12-14-30-15-13-24)19-6-4-3-5-7-19/h3-11,16-17H,12-15H2,1-2H3,(H,27,29). The van der Waals surface area contributed by atoms with Crippen molar-refractivity contribution in [3.05, 3.63) is 83.4 Å². The maximum absolute atomic E-state index is 13.5. The number of hydrogen-bond acceptors (Lipinski definition) is 3. The molecule has 1 amide bonds. The van der Waals surface area contributed by atoms with Gasteiger partial charge < -0.3 is 10.1 Å². The van der Waals surface area contributed by atoms with Crippen molar-refractivity contribution < 1.29 is 13.9 Å². The Hall–Kier alpha value is -2.99. The molecule has 5 nitrogen and oxygen atoms in total. The zero-order chi connectivity index (χ0) is 21.1. The minimum absolute atomic E-state index is 0.0124. The summed E-state index contributed by atoms with van der Waals surface area (Å²) < 4.78 is 20.6. The molecule has 0 saturated carbocycles. The van der Waals surface area contributed by atoms with E-state index in [9.17, 15) is 9.18 Å². The van der Waals surface area contributed by atoms with Crippen LogP contribution in [-0.4, -0.2) is 28.9 Å². The molecule has 2 aromatic carbocycles. The molecule has 4 rings (SSSR count). The van der Waals surface area contributed by atoms with E-state index in [2.05, 4.69) is 10.4 Å². The molecule has 3 aromatic rings. The van der Waals surface area contributed by atoms with Crippen LogP contribution in [0.4, 0.5) is 4.39 Å². The molecule has 1 aliphatic rings. The number of nitrogens with one attached hydrogen (secondary N) is 1. The fourth-order valence-corrected chi connectivity index (χ4v) is 4.23. The van der Waals surface area contributed by atoms with Gasteiger partial charge in [0.25, 0.3) is 0 Å². The van der Waals surface area contributed by atoms with Crippen LogP contribution >= 0.6 is 0 Å². The van der Waals surface area contributed by atoms with Gasteiger partial charge in [-0.15, -0.1) is 0 Å². The lowest BCUT2D eigenvalue weighted by Gasteiger charge is -2.37. The van der Waals surface area contributed by atoms with Crippen molar-refractivity contribution >= 4 is 5.91 Å². The summed E-state index contributed by atoms with van der Waals surface area (Å²) in [7, 11) is 0. The van der Waals surface area contributed by atoms with Crippen molar-refractivity contribution in [2.24, 2.45) is 0 Å². The summed E-state index contributed by atoms with van der Waals surface area (Å²) in [6.07, 6.45) is 3.08. The van der Waals surface area contributed by atoms with Crippen molar-refractivity contribution in [1.29, 1.82) is 0 Å². The number of nitrogens with zero attached hydrogens (tertiary/aromatic N) is 2. The lowest BCUT2D eigenvalue weighted by molar-refractivity contribution is -0.131. The number of amides is 1. The van der Waals surface area contributed by atoms with Crippen molar-refractivity contribution in [3.8, 4) is 5.69 Å². The molecule has 1 unspecified atom stereocenters. The highest BCUT2D eigenvalue weighted by Crippen LogP contribution is 2.36. The first-order valence-electron chi connectivity index (χ1n) is 10.3. The Morgan fingerprint density at radius 3 is 2.47 bits per heavy atom. The summed E-state index contributed by atoms with van der Waals surface area (Å²) in [6.45, 7) is 5.06. The van der Waals surface area contributed by atoms with Gasteiger partial charge in [-0.25, -0.2) is 9.07 Å². The predicted octanol–water partition coefficient (Wildman–Crippen LogP) is 4.25. The highest BCUT2D eigenvalue weighted by Gasteiger charge is 2.42. The first-order valence-corrected chi connectivity index (χ1v) is 10.3. The first-order chi connectivity index (χ1) is 14.5. The monoisotopic (exact) mass is 407 g/mol. The first kappa shape index (κ1) is 20.3. The van der Waals surface area contributed by atoms with E-state index in [1.165, 1.54) is 12.1 Å². The topological polar surface area (TPSA) is 56.1 Å². The molecule has 1 aromatic heterocycles. The van der Waals surface area contributed by atoms with E-state index in [-0.39, 0.29) is 17.8 Å². The van der Waals surface area contributed by atoms with Gasteiger partial charge in [-0.2, -0.15) is 5.10 Å². The summed E-state index contributed by atoms with van der Waals surface area (Å²) >= 11 is 0. The highest BCUT2D eigenvalue weighted by molar-refractivity contribution is 5.88. The van der Waals surface area contributed by atoms with E-state index in [0.29, 0.717) is 26.1 Å². The number of carbonyl (C=O) groups is 1. The third kappa shape index (κ3) is 3.75. The molecule has 30 heavy (non-hydrogen) atoms. The largest absolute Gasteiger partial charge is 0.381 e. The molecule has 1 fully saturated rings. The fourth-order valence-electron chi connectivity index (χ4n) is 4.23. The molecule has 1 N–H and O–H groups in total. The van der Waals surface area contributed by atoms with Crippen LogP contribution in [0.15, 0.2) is 60.8 Å². The highest BCUT2D eigenvalue weighted by atomic mass is 19.1. The van der Waals surface area contributed by atoms with Crippen LogP contribution < -0.4 is 5.32 Å². The number of aromatic nitrogens is 2. The SMILES string of the molecule is Cc1c(C(C)NC(=O)C2(c3ccccc3)CCOCC2)cnn1-c1ccc(F)cc1. The van der Waals surface area contributed by atoms with Gasteiger partial charge in [0, 0.05) is 24.5 Å². The maximum Gasteiger partial charge on any atom is 0.231 e. The van der Waals surface area contributed by atoms with E-state index >= 15 is 0 Å². The van der Waals surface area contributed by atoms with Crippen molar-refractivity contribution in [1.82, 2.24) is 15.1 Å². The van der Waals surface area contributed by atoms with Gasteiger partial charge in [-0.1, -0.05) is 30.3 Å². The van der Waals surface area contributed by atoms with Crippen LogP contribution in [0.3, 0.4) is 0 Å². The third-order valence-electron chi connectivity index (χ3n) is 6.04. The summed E-state index contributed by atoms with van der Waals surface area (Å²) in [5.74, 6) is -0.273. The van der Waals surface area contributed by atoms with Gasteiger partial charge in [0.1, 0.15) is 5.82 Å². The van der Waals surface area contributed by atoms with Gasteiger partial charge in [0.15, 0.2) is 0 Å². The quantitative estimate of drug-likeness (QED) is 0.688. The fraction of sp³-hybridized carbons (Fsp3) is 0.333. The van der Waals surface area contributed by atoms with Crippen LogP contribution in [0.5, 0.6) is 0 Å². The zero-order valence-electron chi connectivity index (χ0n) is 17.3. The van der Waals surface area contributed by atoms with Crippen molar-refractivity contribution in [2.45, 2.75) is 38.1 Å². The van der Waals surface area contributed by atoms with E-state index < -0.39 is 5.41 Å². The predicted molar refractivity (Wildman–Crippen MR) is 113 cm³/mol. The van der Waals surface area contributed by atoms with Crippen LogP contribution in [-0.2, 0) is 14.9 Å². The third-order valence-corrected chi connectivity index (χ3v) is 6.04. The minimum Gasteiger partial charge on any atom is -0.381 e. The molecule has 0 radical (unpaired) electrons. The van der Waals surface area contributed by atoms with Gasteiger partial charge in [0.2, 0.25) is 5.91 Å². The average Bonchev–Trinajstić information content (AvgIpc) is 3.16. The Bertz CT molecular complexity index is 1010. The Morgan fingerprint density at radius 2 is 1.80 bits per heavy atom.